The number of hydrogen-bond acceptors (Lipinski definition) is 4. The molecule has 5 rings (SSSR count). The molecule has 0 N–H and O–H groups in total. The number of nitriles is 1. The van der Waals surface area contributed by atoms with Crippen LogP contribution in [0.4, 0.5) is 0 Å². The molecule has 1 fully saturated rings. The summed E-state index contributed by atoms with van der Waals surface area (Å²) in [5.74, 6) is 1.65. The topological polar surface area (TPSA) is 54.1 Å². The molecule has 2 aromatic carbocycles. The van der Waals surface area contributed by atoms with Gasteiger partial charge in [0.15, 0.2) is 0 Å². The first-order chi connectivity index (χ1) is 16.1. The van der Waals surface area contributed by atoms with Crippen molar-refractivity contribution >= 4 is 0 Å². The summed E-state index contributed by atoms with van der Waals surface area (Å²) in [6, 6.07) is 15.3. The first-order valence-electron chi connectivity index (χ1n) is 11.9. The number of piperidine rings is 1. The van der Waals surface area contributed by atoms with Crippen LogP contribution in [0.15, 0.2) is 48.8 Å². The molecule has 33 heavy (non-hydrogen) atoms. The fourth-order valence-corrected chi connectivity index (χ4v) is 5.72. The van der Waals surface area contributed by atoms with Crippen LogP contribution in [0.3, 0.4) is 0 Å². The second-order valence-corrected chi connectivity index (χ2v) is 9.74. The third-order valence-corrected chi connectivity index (χ3v) is 7.44. The summed E-state index contributed by atoms with van der Waals surface area (Å²) in [6.45, 7) is 7.36. The van der Waals surface area contributed by atoms with Crippen LogP contribution in [-0.4, -0.2) is 47.3 Å². The summed E-state index contributed by atoms with van der Waals surface area (Å²) in [7, 11) is 1.84. The summed E-state index contributed by atoms with van der Waals surface area (Å²) in [5, 5.41) is 9.20. The van der Waals surface area contributed by atoms with Crippen LogP contribution >= 0.6 is 0 Å². The minimum Gasteiger partial charge on any atom is -0.378 e. The molecule has 0 amide bonds. The molecular weight excluding hydrogens is 408 g/mol. The van der Waals surface area contributed by atoms with Gasteiger partial charge in [-0.05, 0) is 73.9 Å². The van der Waals surface area contributed by atoms with E-state index in [4.69, 9.17) is 9.72 Å². The highest BCUT2D eigenvalue weighted by atomic mass is 16.5. The third-order valence-electron chi connectivity index (χ3n) is 7.44. The number of nitrogens with zero attached hydrogens (tertiary/aromatic N) is 4. The summed E-state index contributed by atoms with van der Waals surface area (Å²) in [6.07, 6.45) is 7.39. The highest BCUT2D eigenvalue weighted by Gasteiger charge is 2.34. The molecule has 0 saturated carbocycles. The molecule has 5 nitrogen and oxygen atoms in total. The molecule has 5 heteroatoms. The summed E-state index contributed by atoms with van der Waals surface area (Å²) in [4.78, 5) is 7.31. The zero-order chi connectivity index (χ0) is 22.9. The lowest BCUT2D eigenvalue weighted by molar-refractivity contribution is -0.00942. The SMILES string of the molecule is CO[C@@H]1CN(C[C@H]2Cc3ccc(C#N)cc3C2)CC[C@H]1n1ccnc1-c1cc(C)ccc1C. The fourth-order valence-electron chi connectivity index (χ4n) is 5.72. The van der Waals surface area contributed by atoms with Crippen LogP contribution in [0, 0.1) is 31.1 Å². The molecule has 2 heterocycles. The van der Waals surface area contributed by atoms with Crippen molar-refractivity contribution in [1.29, 1.82) is 5.26 Å². The highest BCUT2D eigenvalue weighted by Crippen LogP contribution is 2.33. The van der Waals surface area contributed by atoms with E-state index in [0.717, 1.165) is 50.3 Å². The Morgan fingerprint density at radius 1 is 1.12 bits per heavy atom. The van der Waals surface area contributed by atoms with Gasteiger partial charge in [-0.1, -0.05) is 23.8 Å². The van der Waals surface area contributed by atoms with Crippen molar-refractivity contribution in [2.45, 2.75) is 45.3 Å². The number of methoxy groups -OCH3 is 1. The van der Waals surface area contributed by atoms with Gasteiger partial charge in [0, 0.05) is 44.7 Å². The number of aromatic nitrogens is 2. The van der Waals surface area contributed by atoms with Gasteiger partial charge in [-0.3, -0.25) is 0 Å². The molecule has 1 aromatic heterocycles. The van der Waals surface area contributed by atoms with Gasteiger partial charge in [0.25, 0.3) is 0 Å². The van der Waals surface area contributed by atoms with Crippen LogP contribution in [-0.2, 0) is 17.6 Å². The van der Waals surface area contributed by atoms with Gasteiger partial charge >= 0.3 is 0 Å². The lowest BCUT2D eigenvalue weighted by atomic mass is 9.97. The van der Waals surface area contributed by atoms with Gasteiger partial charge < -0.3 is 14.2 Å². The zero-order valence-corrected chi connectivity index (χ0v) is 19.8. The summed E-state index contributed by atoms with van der Waals surface area (Å²) in [5.41, 5.74) is 7.25. The average molecular weight is 441 g/mol. The smallest absolute Gasteiger partial charge is 0.140 e. The molecule has 0 unspecified atom stereocenters. The molecular formula is C28H32N4O. The summed E-state index contributed by atoms with van der Waals surface area (Å²) >= 11 is 0. The lowest BCUT2D eigenvalue weighted by Crippen LogP contribution is -2.47. The van der Waals surface area contributed by atoms with E-state index in [1.165, 1.54) is 27.8 Å². The van der Waals surface area contributed by atoms with Crippen LogP contribution in [0.2, 0.25) is 0 Å². The predicted octanol–water partition coefficient (Wildman–Crippen LogP) is 4.72. The Kier molecular flexibility index (Phi) is 6.05. The Morgan fingerprint density at radius 2 is 1.97 bits per heavy atom. The minimum absolute atomic E-state index is 0.130. The van der Waals surface area contributed by atoms with Crippen molar-refractivity contribution in [3.63, 3.8) is 0 Å². The van der Waals surface area contributed by atoms with E-state index in [-0.39, 0.29) is 12.1 Å². The zero-order valence-electron chi connectivity index (χ0n) is 19.8. The van der Waals surface area contributed by atoms with Crippen LogP contribution in [0.5, 0.6) is 0 Å². The number of hydrogen-bond donors (Lipinski definition) is 0. The Labute approximate surface area is 196 Å². The first kappa shape index (κ1) is 21.9. The van der Waals surface area contributed by atoms with E-state index in [0.29, 0.717) is 5.92 Å². The number of benzene rings is 2. The van der Waals surface area contributed by atoms with Crippen LogP contribution in [0.25, 0.3) is 11.4 Å². The molecule has 3 aromatic rings. The molecule has 3 atom stereocenters. The Bertz CT molecular complexity index is 1190. The maximum Gasteiger partial charge on any atom is 0.140 e. The molecule has 1 saturated heterocycles. The monoisotopic (exact) mass is 440 g/mol. The Morgan fingerprint density at radius 3 is 2.79 bits per heavy atom. The second-order valence-electron chi connectivity index (χ2n) is 9.74. The van der Waals surface area contributed by atoms with Crippen LogP contribution < -0.4 is 0 Å². The van der Waals surface area contributed by atoms with E-state index < -0.39 is 0 Å². The predicted molar refractivity (Wildman–Crippen MR) is 130 cm³/mol. The number of aryl methyl sites for hydroxylation is 2. The van der Waals surface area contributed by atoms with E-state index >= 15 is 0 Å². The van der Waals surface area contributed by atoms with Crippen LogP contribution in [0.1, 0.15) is 40.3 Å². The van der Waals surface area contributed by atoms with Crippen molar-refractivity contribution in [3.8, 4) is 17.5 Å². The summed E-state index contributed by atoms with van der Waals surface area (Å²) < 4.78 is 8.37. The molecule has 0 radical (unpaired) electrons. The maximum atomic E-state index is 9.20. The highest BCUT2D eigenvalue weighted by molar-refractivity contribution is 5.61. The third kappa shape index (κ3) is 4.34. The van der Waals surface area contributed by atoms with Crippen molar-refractivity contribution in [1.82, 2.24) is 14.5 Å². The second kappa shape index (κ2) is 9.13. The van der Waals surface area contributed by atoms with Gasteiger partial charge in [0.1, 0.15) is 5.82 Å². The normalized spacial score (nSPS) is 22.8. The van der Waals surface area contributed by atoms with Crippen molar-refractivity contribution in [3.05, 3.63) is 76.6 Å². The number of ether oxygens (including phenoxy) is 1. The largest absolute Gasteiger partial charge is 0.378 e. The van der Waals surface area contributed by atoms with Crippen molar-refractivity contribution in [2.75, 3.05) is 26.7 Å². The first-order valence-corrected chi connectivity index (χ1v) is 11.9. The van der Waals surface area contributed by atoms with Gasteiger partial charge in [-0.2, -0.15) is 5.26 Å². The molecule has 170 valence electrons. The van der Waals surface area contributed by atoms with Crippen molar-refractivity contribution in [2.24, 2.45) is 5.92 Å². The standard InChI is InChI=1S/C28H32N4O/c1-19-4-5-20(2)25(12-19)28-30-9-11-32(28)26-8-10-31(18-27(26)33-3)17-22-14-23-7-6-21(16-29)13-24(23)15-22/h4-7,9,11-13,22,26-27H,8,10,14-15,17-18H2,1-3H3/t22-,26+,27+/m0/s1. The van der Waals surface area contributed by atoms with Gasteiger partial charge in [-0.25, -0.2) is 4.98 Å². The Balaban J connectivity index is 1.29. The molecule has 2 aliphatic rings. The molecule has 0 spiro atoms. The van der Waals surface area contributed by atoms with Gasteiger partial charge in [0.2, 0.25) is 0 Å². The average Bonchev–Trinajstić information content (AvgIpc) is 3.46. The number of rotatable bonds is 5. The minimum atomic E-state index is 0.130. The van der Waals surface area contributed by atoms with E-state index in [1.807, 2.05) is 19.4 Å². The van der Waals surface area contributed by atoms with Gasteiger partial charge in [0.05, 0.1) is 23.8 Å². The van der Waals surface area contributed by atoms with Crippen molar-refractivity contribution < 1.29 is 4.74 Å². The molecule has 1 aliphatic heterocycles. The van der Waals surface area contributed by atoms with E-state index in [2.05, 4.69) is 65.9 Å². The van der Waals surface area contributed by atoms with E-state index in [9.17, 15) is 5.26 Å². The Hall–Kier alpha value is -2.94. The van der Waals surface area contributed by atoms with E-state index in [1.54, 1.807) is 0 Å². The van der Waals surface area contributed by atoms with Gasteiger partial charge in [-0.15, -0.1) is 0 Å². The molecule has 0 bridgehead atoms. The molecule has 1 aliphatic carbocycles. The maximum absolute atomic E-state index is 9.20. The number of likely N-dealkylation sites (tertiary alicyclic amines) is 1. The lowest BCUT2D eigenvalue weighted by Gasteiger charge is -2.39. The quantitative estimate of drug-likeness (QED) is 0.576. The number of fused-ring (bicyclic) bond motifs is 1. The number of imidazole rings is 1. The fraction of sp³-hybridized carbons (Fsp3) is 0.429.